The Morgan fingerprint density at radius 2 is 1.94 bits per heavy atom. The lowest BCUT2D eigenvalue weighted by atomic mass is 10.2. The minimum Gasteiger partial charge on any atom is -0.494 e. The zero-order valence-electron chi connectivity index (χ0n) is 17.8. The first-order valence-corrected chi connectivity index (χ1v) is 10.5. The summed E-state index contributed by atoms with van der Waals surface area (Å²) in [6.45, 7) is 8.01. The van der Waals surface area contributed by atoms with Gasteiger partial charge < -0.3 is 15.0 Å². The van der Waals surface area contributed by atoms with Gasteiger partial charge in [0.15, 0.2) is 5.82 Å². The lowest BCUT2D eigenvalue weighted by Gasteiger charge is -2.34. The number of nitrogens with one attached hydrogen (secondary N) is 2. The number of H-pyrrole nitrogens is 1. The van der Waals surface area contributed by atoms with Crippen molar-refractivity contribution in [2.24, 2.45) is 0 Å². The summed E-state index contributed by atoms with van der Waals surface area (Å²) >= 11 is 0. The van der Waals surface area contributed by atoms with Gasteiger partial charge >= 0.3 is 0 Å². The fourth-order valence-electron chi connectivity index (χ4n) is 3.55. The first-order valence-electron chi connectivity index (χ1n) is 10.5. The summed E-state index contributed by atoms with van der Waals surface area (Å²) in [4.78, 5) is 26.1. The van der Waals surface area contributed by atoms with Crippen LogP contribution in [-0.2, 0) is 6.54 Å². The molecule has 9 nitrogen and oxygen atoms in total. The van der Waals surface area contributed by atoms with E-state index in [4.69, 9.17) is 4.74 Å². The summed E-state index contributed by atoms with van der Waals surface area (Å²) in [6.07, 6.45) is 1.69. The summed E-state index contributed by atoms with van der Waals surface area (Å²) in [7, 11) is 0. The molecule has 3 heterocycles. The highest BCUT2D eigenvalue weighted by atomic mass is 16.5. The smallest absolute Gasteiger partial charge is 0.257 e. The molecule has 1 amide bonds. The molecule has 3 aromatic rings. The molecule has 2 N–H and O–H groups in total. The normalized spacial score (nSPS) is 14.5. The van der Waals surface area contributed by atoms with E-state index >= 15 is 0 Å². The van der Waals surface area contributed by atoms with Crippen molar-refractivity contribution in [2.45, 2.75) is 20.4 Å². The Balaban J connectivity index is 1.39. The number of ether oxygens (including phenoxy) is 1. The largest absolute Gasteiger partial charge is 0.494 e. The van der Waals surface area contributed by atoms with Crippen molar-refractivity contribution < 1.29 is 9.53 Å². The highest BCUT2D eigenvalue weighted by molar-refractivity contribution is 5.99. The van der Waals surface area contributed by atoms with Crippen LogP contribution < -0.4 is 10.1 Å². The Bertz CT molecular complexity index is 1010. The number of aryl methyl sites for hydroxylation is 1. The van der Waals surface area contributed by atoms with Gasteiger partial charge in [-0.3, -0.25) is 14.8 Å². The van der Waals surface area contributed by atoms with Gasteiger partial charge in [0, 0.05) is 38.1 Å². The molecule has 1 fully saturated rings. The van der Waals surface area contributed by atoms with E-state index in [1.54, 1.807) is 12.3 Å². The molecule has 4 rings (SSSR count). The predicted molar refractivity (Wildman–Crippen MR) is 117 cm³/mol. The van der Waals surface area contributed by atoms with Crippen LogP contribution in [-0.4, -0.2) is 68.7 Å². The van der Waals surface area contributed by atoms with Gasteiger partial charge in [0.25, 0.3) is 5.91 Å². The number of pyridine rings is 1. The van der Waals surface area contributed by atoms with Gasteiger partial charge in [0.05, 0.1) is 18.7 Å². The highest BCUT2D eigenvalue weighted by Crippen LogP contribution is 2.23. The standard InChI is InChI=1S/C22H27N7O2/c1-3-31-18-8-6-17(7-9-18)25-21-19(5-4-10-23-21)22(30)29-13-11-28(12-14-29)15-20-24-16(2)26-27-20/h4-10H,3,11-15H2,1-2H3,(H,23,25)(H,24,26,27). The molecule has 0 radical (unpaired) electrons. The second-order valence-corrected chi connectivity index (χ2v) is 7.39. The molecular formula is C22H27N7O2. The number of anilines is 2. The maximum Gasteiger partial charge on any atom is 0.257 e. The van der Waals surface area contributed by atoms with Gasteiger partial charge in [0.1, 0.15) is 17.4 Å². The first-order chi connectivity index (χ1) is 15.1. The molecule has 31 heavy (non-hydrogen) atoms. The van der Waals surface area contributed by atoms with E-state index in [0.717, 1.165) is 36.2 Å². The number of hydrogen-bond acceptors (Lipinski definition) is 7. The number of piperazine rings is 1. The molecule has 1 saturated heterocycles. The van der Waals surface area contributed by atoms with Crippen LogP contribution in [0.5, 0.6) is 5.75 Å². The Morgan fingerprint density at radius 3 is 2.61 bits per heavy atom. The second-order valence-electron chi connectivity index (χ2n) is 7.39. The minimum absolute atomic E-state index is 0.0186. The van der Waals surface area contributed by atoms with Crippen LogP contribution in [0.1, 0.15) is 28.9 Å². The molecule has 0 unspecified atom stereocenters. The van der Waals surface area contributed by atoms with Gasteiger partial charge in [-0.05, 0) is 50.2 Å². The van der Waals surface area contributed by atoms with Crippen LogP contribution in [0, 0.1) is 6.92 Å². The lowest BCUT2D eigenvalue weighted by Crippen LogP contribution is -2.48. The van der Waals surface area contributed by atoms with Gasteiger partial charge in [-0.25, -0.2) is 9.97 Å². The monoisotopic (exact) mass is 421 g/mol. The van der Waals surface area contributed by atoms with Crippen LogP contribution in [0.15, 0.2) is 42.6 Å². The molecule has 1 aliphatic rings. The van der Waals surface area contributed by atoms with E-state index in [1.165, 1.54) is 0 Å². The van der Waals surface area contributed by atoms with Gasteiger partial charge in [-0.2, -0.15) is 5.10 Å². The lowest BCUT2D eigenvalue weighted by molar-refractivity contribution is 0.0626. The summed E-state index contributed by atoms with van der Waals surface area (Å²) < 4.78 is 5.48. The van der Waals surface area contributed by atoms with Crippen molar-refractivity contribution in [2.75, 3.05) is 38.1 Å². The summed E-state index contributed by atoms with van der Waals surface area (Å²) in [6, 6.07) is 11.2. The molecule has 1 aliphatic heterocycles. The fourth-order valence-corrected chi connectivity index (χ4v) is 3.55. The molecule has 162 valence electrons. The first kappa shape index (κ1) is 20.8. The SMILES string of the molecule is CCOc1ccc(Nc2ncccc2C(=O)N2CCN(Cc3n[nH]c(C)n3)CC2)cc1. The number of aromatic nitrogens is 4. The number of amides is 1. The second kappa shape index (κ2) is 9.57. The van der Waals surface area contributed by atoms with Crippen molar-refractivity contribution in [1.82, 2.24) is 30.0 Å². The quantitative estimate of drug-likeness (QED) is 0.605. The highest BCUT2D eigenvalue weighted by Gasteiger charge is 2.25. The van der Waals surface area contributed by atoms with E-state index in [1.807, 2.05) is 49.1 Å². The average molecular weight is 422 g/mol. The molecule has 2 aromatic heterocycles. The molecule has 0 aliphatic carbocycles. The van der Waals surface area contributed by atoms with E-state index in [2.05, 4.69) is 30.4 Å². The van der Waals surface area contributed by atoms with Gasteiger partial charge in [0.2, 0.25) is 0 Å². The molecule has 0 spiro atoms. The number of rotatable bonds is 7. The molecule has 1 aromatic carbocycles. The molecule has 0 bridgehead atoms. The van der Waals surface area contributed by atoms with Crippen LogP contribution in [0.3, 0.4) is 0 Å². The zero-order chi connectivity index (χ0) is 21.6. The summed E-state index contributed by atoms with van der Waals surface area (Å²) in [5.41, 5.74) is 1.41. The Labute approximate surface area is 181 Å². The number of benzene rings is 1. The van der Waals surface area contributed by atoms with E-state index in [-0.39, 0.29) is 5.91 Å². The minimum atomic E-state index is -0.0186. The predicted octanol–water partition coefficient (Wildman–Crippen LogP) is 2.61. The van der Waals surface area contributed by atoms with Gasteiger partial charge in [-0.15, -0.1) is 0 Å². The molecule has 9 heteroatoms. The number of nitrogens with zero attached hydrogens (tertiary/aromatic N) is 5. The number of carbonyl (C=O) groups is 1. The van der Waals surface area contributed by atoms with Crippen LogP contribution in [0.25, 0.3) is 0 Å². The number of hydrogen-bond donors (Lipinski definition) is 2. The molecular weight excluding hydrogens is 394 g/mol. The Morgan fingerprint density at radius 1 is 1.16 bits per heavy atom. The third-order valence-corrected chi connectivity index (χ3v) is 5.13. The van der Waals surface area contributed by atoms with Crippen molar-refractivity contribution in [1.29, 1.82) is 0 Å². The zero-order valence-corrected chi connectivity index (χ0v) is 17.8. The van der Waals surface area contributed by atoms with Crippen LogP contribution >= 0.6 is 0 Å². The summed E-state index contributed by atoms with van der Waals surface area (Å²) in [5, 5.41) is 10.3. The summed E-state index contributed by atoms with van der Waals surface area (Å²) in [5.74, 6) is 2.94. The van der Waals surface area contributed by atoms with Crippen LogP contribution in [0.2, 0.25) is 0 Å². The molecule has 0 saturated carbocycles. The maximum absolute atomic E-state index is 13.2. The van der Waals surface area contributed by atoms with E-state index < -0.39 is 0 Å². The maximum atomic E-state index is 13.2. The van der Waals surface area contributed by atoms with Crippen molar-refractivity contribution in [3.63, 3.8) is 0 Å². The Kier molecular flexibility index (Phi) is 6.42. The van der Waals surface area contributed by atoms with Crippen molar-refractivity contribution >= 4 is 17.4 Å². The average Bonchev–Trinajstić information content (AvgIpc) is 3.20. The molecule has 0 atom stereocenters. The third kappa shape index (κ3) is 5.18. The number of carbonyl (C=O) groups excluding carboxylic acids is 1. The van der Waals surface area contributed by atoms with E-state index in [9.17, 15) is 4.79 Å². The van der Waals surface area contributed by atoms with Gasteiger partial charge in [-0.1, -0.05) is 0 Å². The Hall–Kier alpha value is -3.46. The van der Waals surface area contributed by atoms with Crippen molar-refractivity contribution in [3.8, 4) is 5.75 Å². The topological polar surface area (TPSA) is 99.3 Å². The third-order valence-electron chi connectivity index (χ3n) is 5.13. The fraction of sp³-hybridized carbons (Fsp3) is 0.364. The number of aromatic amines is 1. The van der Waals surface area contributed by atoms with Crippen LogP contribution in [0.4, 0.5) is 11.5 Å². The van der Waals surface area contributed by atoms with E-state index in [0.29, 0.717) is 37.6 Å². The van der Waals surface area contributed by atoms with Crippen molar-refractivity contribution in [3.05, 3.63) is 59.8 Å².